The van der Waals surface area contributed by atoms with Crippen LogP contribution in [0.4, 0.5) is 13.2 Å². The molecular weight excluding hydrogens is 563 g/mol. The highest BCUT2D eigenvalue weighted by Crippen LogP contribution is 2.60. The van der Waals surface area contributed by atoms with Gasteiger partial charge >= 0.3 is 6.18 Å². The second kappa shape index (κ2) is 12.7. The fourth-order valence-electron chi connectivity index (χ4n) is 7.87. The monoisotopic (exact) mass is 613 g/mol. The van der Waals surface area contributed by atoms with Gasteiger partial charge in [0.2, 0.25) is 5.88 Å². The lowest BCUT2D eigenvalue weighted by Crippen LogP contribution is -2.60. The summed E-state index contributed by atoms with van der Waals surface area (Å²) in [4.78, 5) is 2.72. The minimum absolute atomic E-state index is 0.0538. The topological polar surface area (TPSA) is 78.4 Å². The van der Waals surface area contributed by atoms with Crippen LogP contribution in [0.3, 0.4) is 0 Å². The Morgan fingerprint density at radius 1 is 1.10 bits per heavy atom. The second-order valence-electron chi connectivity index (χ2n) is 14.1. The quantitative estimate of drug-likeness (QED) is 0.253. The van der Waals surface area contributed by atoms with Crippen molar-refractivity contribution in [2.45, 2.75) is 126 Å². The number of nitrogens with one attached hydrogen (secondary N) is 4. The van der Waals surface area contributed by atoms with Crippen molar-refractivity contribution in [2.24, 2.45) is 17.3 Å². The summed E-state index contributed by atoms with van der Waals surface area (Å²) in [7, 11) is 0. The summed E-state index contributed by atoms with van der Waals surface area (Å²) in [5.41, 5.74) is -1.35. The molecule has 8 nitrogen and oxygen atoms in total. The van der Waals surface area contributed by atoms with E-state index in [4.69, 9.17) is 9.84 Å². The van der Waals surface area contributed by atoms with Crippen LogP contribution in [0.15, 0.2) is 12.3 Å². The maximum atomic E-state index is 13.2. The van der Waals surface area contributed by atoms with E-state index >= 15 is 0 Å². The molecule has 5 fully saturated rings. The van der Waals surface area contributed by atoms with Crippen LogP contribution in [-0.4, -0.2) is 70.3 Å². The molecule has 0 radical (unpaired) electrons. The number of piperidine rings is 2. The lowest BCUT2D eigenvalue weighted by molar-refractivity contribution is -0.189. The van der Waals surface area contributed by atoms with E-state index in [-0.39, 0.29) is 43.7 Å². The zero-order valence-electron chi connectivity index (χ0n) is 25.2. The molecule has 0 spiro atoms. The van der Waals surface area contributed by atoms with Gasteiger partial charge in [0, 0.05) is 36.8 Å². The van der Waals surface area contributed by atoms with E-state index in [0.29, 0.717) is 35.7 Å². The number of rotatable bonds is 6. The van der Waals surface area contributed by atoms with Gasteiger partial charge in [-0.05, 0) is 103 Å². The Morgan fingerprint density at radius 3 is 2.76 bits per heavy atom. The van der Waals surface area contributed by atoms with Crippen LogP contribution in [0.5, 0.6) is 5.88 Å². The third-order valence-corrected chi connectivity index (χ3v) is 11.5. The molecule has 5 heterocycles. The first-order chi connectivity index (χ1) is 20.1. The third kappa shape index (κ3) is 7.09. The van der Waals surface area contributed by atoms with E-state index in [1.54, 1.807) is 0 Å². The third-order valence-electron chi connectivity index (χ3n) is 10.5. The lowest BCUT2D eigenvalue weighted by Gasteiger charge is -2.47. The molecule has 4 aliphatic heterocycles. The van der Waals surface area contributed by atoms with Gasteiger partial charge in [0.05, 0.1) is 29.7 Å². The number of nitrogens with zero attached hydrogens (tertiary/aromatic N) is 3. The van der Waals surface area contributed by atoms with Gasteiger partial charge in [-0.3, -0.25) is 24.9 Å². The standard InChI is InChI=1S/C30H50F3N7OS/c1-28(2)18-21-6-4-15-34-23-7-3-8-26(36-23)42-35-19-22-9-10-24(37-27(22)39(28)20-21)40-16-11-25(38-40)41-17-5-12-29(13-14-29)30(31,32)33/h11,16,21-24,26-27,34-37H,3-10,12-15,17-20H2,1-2H3/t21-,22?,23?,24?,26?,27?/m0/s1. The zero-order chi connectivity index (χ0) is 29.4. The molecule has 7 atom stereocenters. The Labute approximate surface area is 253 Å². The molecule has 1 aromatic rings. The average Bonchev–Trinajstić information content (AvgIpc) is 3.50. The molecule has 1 aliphatic carbocycles. The van der Waals surface area contributed by atoms with Crippen molar-refractivity contribution in [3.05, 3.63) is 12.3 Å². The van der Waals surface area contributed by atoms with E-state index in [1.807, 2.05) is 28.9 Å². The molecule has 4 bridgehead atoms. The van der Waals surface area contributed by atoms with Crippen LogP contribution >= 0.6 is 11.9 Å². The first-order valence-electron chi connectivity index (χ1n) is 16.3. The molecular formula is C30H50F3N7OS. The van der Waals surface area contributed by atoms with Crippen molar-refractivity contribution < 1.29 is 17.9 Å². The summed E-state index contributed by atoms with van der Waals surface area (Å²) in [6.45, 7) is 8.19. The van der Waals surface area contributed by atoms with Crippen LogP contribution in [0.25, 0.3) is 0 Å². The summed E-state index contributed by atoms with van der Waals surface area (Å²) in [6.07, 6.45) is 8.96. The molecule has 238 valence electrons. The van der Waals surface area contributed by atoms with Gasteiger partial charge in [-0.2, -0.15) is 13.2 Å². The van der Waals surface area contributed by atoms with E-state index in [0.717, 1.165) is 32.5 Å². The number of ether oxygens (including phenoxy) is 1. The van der Waals surface area contributed by atoms with Crippen molar-refractivity contribution in [2.75, 3.05) is 26.2 Å². The van der Waals surface area contributed by atoms with Gasteiger partial charge < -0.3 is 10.1 Å². The molecule has 1 aromatic heterocycles. The average molecular weight is 614 g/mol. The number of hydrogen-bond acceptors (Lipinski definition) is 8. The van der Waals surface area contributed by atoms with Crippen LogP contribution in [-0.2, 0) is 0 Å². The second-order valence-corrected chi connectivity index (χ2v) is 15.2. The number of alkyl halides is 3. The molecule has 6 unspecified atom stereocenters. The maximum Gasteiger partial charge on any atom is 0.394 e. The molecule has 4 N–H and O–H groups in total. The van der Waals surface area contributed by atoms with E-state index in [9.17, 15) is 13.2 Å². The van der Waals surface area contributed by atoms with Gasteiger partial charge in [-0.25, -0.2) is 0 Å². The number of halogens is 3. The molecule has 12 heteroatoms. The van der Waals surface area contributed by atoms with Crippen LogP contribution in [0.1, 0.15) is 97.1 Å². The largest absolute Gasteiger partial charge is 0.477 e. The Balaban J connectivity index is 1.09. The number of aromatic nitrogens is 2. The molecule has 5 aliphatic rings. The summed E-state index contributed by atoms with van der Waals surface area (Å²) in [5, 5.41) is 16.7. The van der Waals surface area contributed by atoms with Gasteiger partial charge in [-0.15, -0.1) is 5.10 Å². The first kappa shape index (κ1) is 31.0. The highest BCUT2D eigenvalue weighted by atomic mass is 32.2. The fourth-order valence-corrected chi connectivity index (χ4v) is 8.90. The molecule has 0 amide bonds. The molecule has 4 saturated heterocycles. The minimum atomic E-state index is -4.10. The van der Waals surface area contributed by atoms with Crippen molar-refractivity contribution in [1.82, 2.24) is 35.4 Å². The summed E-state index contributed by atoms with van der Waals surface area (Å²) in [6, 6.07) is 1.84. The molecule has 6 rings (SSSR count). The van der Waals surface area contributed by atoms with Crippen molar-refractivity contribution in [1.29, 1.82) is 0 Å². The molecule has 42 heavy (non-hydrogen) atoms. The Kier molecular flexibility index (Phi) is 9.40. The SMILES string of the molecule is CC1(C)C[C@@H]2CCCNC3CCCC(N3)SNCC3CCC(n4ccc(OCCCC5(C(F)(F)F)CC5)n4)NC3N1C2. The smallest absolute Gasteiger partial charge is 0.394 e. The molecule has 0 aromatic carbocycles. The predicted octanol–water partition coefficient (Wildman–Crippen LogP) is 5.36. The van der Waals surface area contributed by atoms with Gasteiger partial charge in [0.25, 0.3) is 0 Å². The van der Waals surface area contributed by atoms with Crippen molar-refractivity contribution >= 4 is 11.9 Å². The van der Waals surface area contributed by atoms with E-state index < -0.39 is 11.6 Å². The highest BCUT2D eigenvalue weighted by molar-refractivity contribution is 7.98. The fraction of sp³-hybridized carbons (Fsp3) is 0.900. The van der Waals surface area contributed by atoms with Gasteiger partial charge in [0.1, 0.15) is 6.17 Å². The minimum Gasteiger partial charge on any atom is -0.477 e. The summed E-state index contributed by atoms with van der Waals surface area (Å²) >= 11 is 1.86. The van der Waals surface area contributed by atoms with Crippen LogP contribution in [0.2, 0.25) is 0 Å². The predicted molar refractivity (Wildman–Crippen MR) is 160 cm³/mol. The normalized spacial score (nSPS) is 36.8. The summed E-state index contributed by atoms with van der Waals surface area (Å²) in [5.74, 6) is 1.66. The summed E-state index contributed by atoms with van der Waals surface area (Å²) < 4.78 is 51.2. The number of fused-ring (bicyclic) bond motifs is 6. The lowest BCUT2D eigenvalue weighted by atomic mass is 9.90. The Bertz CT molecular complexity index is 1030. The van der Waals surface area contributed by atoms with Crippen molar-refractivity contribution in [3.8, 4) is 5.88 Å². The molecule has 1 saturated carbocycles. The first-order valence-corrected chi connectivity index (χ1v) is 17.2. The van der Waals surface area contributed by atoms with E-state index in [2.05, 4.69) is 39.4 Å². The van der Waals surface area contributed by atoms with Crippen LogP contribution < -0.4 is 25.4 Å². The zero-order valence-corrected chi connectivity index (χ0v) is 26.0. The van der Waals surface area contributed by atoms with Crippen molar-refractivity contribution in [3.63, 3.8) is 0 Å². The van der Waals surface area contributed by atoms with Gasteiger partial charge in [0.15, 0.2) is 0 Å². The highest BCUT2D eigenvalue weighted by Gasteiger charge is 2.62. The number of hydrogen-bond donors (Lipinski definition) is 4. The Hall–Kier alpha value is -1.05. The van der Waals surface area contributed by atoms with Crippen LogP contribution in [0, 0.1) is 17.3 Å². The van der Waals surface area contributed by atoms with E-state index in [1.165, 1.54) is 38.5 Å². The maximum absolute atomic E-state index is 13.2. The van der Waals surface area contributed by atoms with Gasteiger partial charge in [-0.1, -0.05) is 11.9 Å². The Morgan fingerprint density at radius 2 is 1.95 bits per heavy atom.